The maximum absolute atomic E-state index is 11.9. The molecule has 1 aromatic carbocycles. The molecule has 0 aliphatic rings. The van der Waals surface area contributed by atoms with Crippen molar-refractivity contribution < 1.29 is 14.3 Å². The number of anilines is 1. The van der Waals surface area contributed by atoms with Gasteiger partial charge in [0.25, 0.3) is 0 Å². The Morgan fingerprint density at radius 3 is 1.57 bits per heavy atom. The van der Waals surface area contributed by atoms with Gasteiger partial charge in [-0.05, 0) is 30.7 Å². The molecule has 0 spiro atoms. The highest BCUT2D eigenvalue weighted by atomic mass is 16.5. The van der Waals surface area contributed by atoms with Crippen LogP contribution in [0.4, 0.5) is 5.69 Å². The Labute approximate surface area is 184 Å². The molecule has 0 aromatic heterocycles. The monoisotopic (exact) mass is 417 g/mol. The summed E-state index contributed by atoms with van der Waals surface area (Å²) < 4.78 is 5.34. The van der Waals surface area contributed by atoms with E-state index < -0.39 is 0 Å². The number of ether oxygens (including phenoxy) is 1. The van der Waals surface area contributed by atoms with Crippen molar-refractivity contribution in [3.63, 3.8) is 0 Å². The summed E-state index contributed by atoms with van der Waals surface area (Å²) in [6.07, 6.45) is 20.2. The summed E-state index contributed by atoms with van der Waals surface area (Å²) in [5.74, 6) is 0.222. The summed E-state index contributed by atoms with van der Waals surface area (Å²) in [6.45, 7) is 3.73. The van der Waals surface area contributed by atoms with Gasteiger partial charge in [0, 0.05) is 19.0 Å². The molecule has 0 aliphatic heterocycles. The Hall–Kier alpha value is -1.84. The van der Waals surface area contributed by atoms with Gasteiger partial charge in [-0.1, -0.05) is 96.8 Å². The van der Waals surface area contributed by atoms with Crippen LogP contribution in [0, 0.1) is 0 Å². The fourth-order valence-corrected chi connectivity index (χ4v) is 3.63. The summed E-state index contributed by atoms with van der Waals surface area (Å²) in [4.78, 5) is 22.9. The van der Waals surface area contributed by atoms with E-state index in [2.05, 4.69) is 12.2 Å². The average Bonchev–Trinajstić information content (AvgIpc) is 2.72. The summed E-state index contributed by atoms with van der Waals surface area (Å²) in [5, 5.41) is 2.69. The average molecular weight is 418 g/mol. The third-order valence-electron chi connectivity index (χ3n) is 5.39. The number of esters is 1. The molecule has 0 heterocycles. The highest BCUT2D eigenvalue weighted by molar-refractivity contribution is 5.88. The maximum atomic E-state index is 11.9. The van der Waals surface area contributed by atoms with E-state index in [1.807, 2.05) is 0 Å². The first-order valence-electron chi connectivity index (χ1n) is 12.2. The lowest BCUT2D eigenvalue weighted by Gasteiger charge is -2.06. The van der Waals surface area contributed by atoms with Crippen LogP contribution in [-0.2, 0) is 9.59 Å². The molecule has 0 aliphatic carbocycles. The number of unbranched alkanes of at least 4 members (excludes halogenated alkanes) is 14. The molecule has 4 nitrogen and oxygen atoms in total. The van der Waals surface area contributed by atoms with Crippen LogP contribution >= 0.6 is 0 Å². The molecule has 0 saturated heterocycles. The largest absolute Gasteiger partial charge is 0.427 e. The van der Waals surface area contributed by atoms with Crippen molar-refractivity contribution >= 4 is 17.6 Å². The first-order chi connectivity index (χ1) is 14.6. The number of benzene rings is 1. The fraction of sp³-hybridized carbons (Fsp3) is 0.692. The van der Waals surface area contributed by atoms with Gasteiger partial charge in [0.05, 0.1) is 0 Å². The number of nitrogens with one attached hydrogen (secondary N) is 1. The quantitative estimate of drug-likeness (QED) is 0.150. The molecule has 0 radical (unpaired) electrons. The zero-order chi connectivity index (χ0) is 21.9. The van der Waals surface area contributed by atoms with Crippen molar-refractivity contribution in [3.8, 4) is 5.75 Å². The molecule has 0 bridgehead atoms. The second-order valence-electron chi connectivity index (χ2n) is 8.38. The Morgan fingerprint density at radius 2 is 1.13 bits per heavy atom. The lowest BCUT2D eigenvalue weighted by Crippen LogP contribution is -2.08. The molecule has 0 unspecified atom stereocenters. The number of amides is 1. The van der Waals surface area contributed by atoms with Gasteiger partial charge in [0.2, 0.25) is 5.91 Å². The summed E-state index contributed by atoms with van der Waals surface area (Å²) in [7, 11) is 0. The lowest BCUT2D eigenvalue weighted by atomic mass is 10.0. The maximum Gasteiger partial charge on any atom is 0.311 e. The van der Waals surface area contributed by atoms with E-state index in [1.54, 1.807) is 24.3 Å². The standard InChI is InChI=1S/C26H43NO3/c1-3-4-5-6-7-8-9-10-11-12-13-14-15-16-17-18-26(29)30-25-21-19-24(20-22-25)27-23(2)28/h19-22H,3-18H2,1-2H3,(H,27,28). The fourth-order valence-electron chi connectivity index (χ4n) is 3.63. The van der Waals surface area contributed by atoms with Crippen LogP contribution in [0.15, 0.2) is 24.3 Å². The number of rotatable bonds is 18. The van der Waals surface area contributed by atoms with Crippen molar-refractivity contribution in [3.05, 3.63) is 24.3 Å². The van der Waals surface area contributed by atoms with Crippen LogP contribution in [0.1, 0.15) is 117 Å². The van der Waals surface area contributed by atoms with Crippen molar-refractivity contribution in [2.24, 2.45) is 0 Å². The molecule has 1 rings (SSSR count). The zero-order valence-corrected chi connectivity index (χ0v) is 19.3. The van der Waals surface area contributed by atoms with E-state index >= 15 is 0 Å². The predicted molar refractivity (Wildman–Crippen MR) is 126 cm³/mol. The van der Waals surface area contributed by atoms with Crippen LogP contribution in [0.2, 0.25) is 0 Å². The third kappa shape index (κ3) is 15.1. The first kappa shape index (κ1) is 26.2. The molecular weight excluding hydrogens is 374 g/mol. The summed E-state index contributed by atoms with van der Waals surface area (Å²) in [6, 6.07) is 6.88. The molecule has 170 valence electrons. The first-order valence-corrected chi connectivity index (χ1v) is 12.2. The molecule has 4 heteroatoms. The molecule has 0 saturated carbocycles. The van der Waals surface area contributed by atoms with Crippen molar-refractivity contribution in [1.29, 1.82) is 0 Å². The van der Waals surface area contributed by atoms with E-state index in [1.165, 1.54) is 90.4 Å². The lowest BCUT2D eigenvalue weighted by molar-refractivity contribution is -0.134. The van der Waals surface area contributed by atoms with Crippen LogP contribution < -0.4 is 10.1 Å². The minimum atomic E-state index is -0.183. The normalized spacial score (nSPS) is 10.7. The van der Waals surface area contributed by atoms with Gasteiger partial charge in [0.15, 0.2) is 0 Å². The molecule has 1 amide bonds. The van der Waals surface area contributed by atoms with Crippen molar-refractivity contribution in [2.45, 2.75) is 117 Å². The highest BCUT2D eigenvalue weighted by Crippen LogP contribution is 2.17. The van der Waals surface area contributed by atoms with Gasteiger partial charge in [-0.15, -0.1) is 0 Å². The van der Waals surface area contributed by atoms with Crippen molar-refractivity contribution in [2.75, 3.05) is 5.32 Å². The number of hydrogen-bond acceptors (Lipinski definition) is 3. The number of carbonyl (C=O) groups is 2. The predicted octanol–water partition coefficient (Wildman–Crippen LogP) is 7.81. The SMILES string of the molecule is CCCCCCCCCCCCCCCCCC(=O)Oc1ccc(NC(C)=O)cc1. The topological polar surface area (TPSA) is 55.4 Å². The molecule has 0 atom stereocenters. The van der Waals surface area contributed by atoms with Crippen LogP contribution in [0.5, 0.6) is 5.75 Å². The van der Waals surface area contributed by atoms with Gasteiger partial charge >= 0.3 is 5.97 Å². The van der Waals surface area contributed by atoms with Gasteiger partial charge in [-0.2, -0.15) is 0 Å². The Bertz CT molecular complexity index is 568. The van der Waals surface area contributed by atoms with Gasteiger partial charge in [0.1, 0.15) is 5.75 Å². The van der Waals surface area contributed by atoms with E-state index in [0.717, 1.165) is 12.8 Å². The third-order valence-corrected chi connectivity index (χ3v) is 5.39. The van der Waals surface area contributed by atoms with Gasteiger partial charge in [-0.25, -0.2) is 0 Å². The Kier molecular flexibility index (Phi) is 15.7. The minimum absolute atomic E-state index is 0.118. The number of hydrogen-bond donors (Lipinski definition) is 1. The van der Waals surface area contributed by atoms with E-state index in [4.69, 9.17) is 4.74 Å². The Morgan fingerprint density at radius 1 is 0.700 bits per heavy atom. The Balaban J connectivity index is 1.89. The second kappa shape index (κ2) is 18.0. The van der Waals surface area contributed by atoms with Crippen molar-refractivity contribution in [1.82, 2.24) is 0 Å². The van der Waals surface area contributed by atoms with Gasteiger partial charge < -0.3 is 10.1 Å². The van der Waals surface area contributed by atoms with Crippen LogP contribution in [0.25, 0.3) is 0 Å². The highest BCUT2D eigenvalue weighted by Gasteiger charge is 2.05. The van der Waals surface area contributed by atoms with Crippen LogP contribution in [-0.4, -0.2) is 11.9 Å². The number of carbonyl (C=O) groups excluding carboxylic acids is 2. The second-order valence-corrected chi connectivity index (χ2v) is 8.38. The van der Waals surface area contributed by atoms with Crippen LogP contribution in [0.3, 0.4) is 0 Å². The molecule has 30 heavy (non-hydrogen) atoms. The minimum Gasteiger partial charge on any atom is -0.427 e. The zero-order valence-electron chi connectivity index (χ0n) is 19.3. The molecule has 0 fully saturated rings. The molecular formula is C26H43NO3. The van der Waals surface area contributed by atoms with E-state index in [0.29, 0.717) is 17.9 Å². The smallest absolute Gasteiger partial charge is 0.311 e. The summed E-state index contributed by atoms with van der Waals surface area (Å²) >= 11 is 0. The van der Waals surface area contributed by atoms with Gasteiger partial charge in [-0.3, -0.25) is 9.59 Å². The molecule has 1 aromatic rings. The van der Waals surface area contributed by atoms with E-state index in [-0.39, 0.29) is 11.9 Å². The summed E-state index contributed by atoms with van der Waals surface area (Å²) in [5.41, 5.74) is 0.699. The molecule has 1 N–H and O–H groups in total. The van der Waals surface area contributed by atoms with E-state index in [9.17, 15) is 9.59 Å².